The lowest BCUT2D eigenvalue weighted by Gasteiger charge is -2.30. The molecule has 3 nitrogen and oxygen atoms in total. The first-order valence-electron chi connectivity index (χ1n) is 6.02. The van der Waals surface area contributed by atoms with Gasteiger partial charge in [0.2, 0.25) is 5.91 Å². The highest BCUT2D eigenvalue weighted by Crippen LogP contribution is 2.24. The number of hydrogen-bond acceptors (Lipinski definition) is 2. The zero-order chi connectivity index (χ0) is 13.1. The summed E-state index contributed by atoms with van der Waals surface area (Å²) in [4.78, 5) is 13.4. The van der Waals surface area contributed by atoms with Gasteiger partial charge in [-0.3, -0.25) is 9.69 Å². The number of likely N-dealkylation sites (tertiary alicyclic amines) is 1. The molecule has 1 fully saturated rings. The predicted octanol–water partition coefficient (Wildman–Crippen LogP) is 2.69. The number of primary amides is 1. The number of benzene rings is 1. The number of carbonyl (C=O) groups is 1. The molecule has 1 aromatic rings. The van der Waals surface area contributed by atoms with Crippen LogP contribution in [0.4, 0.5) is 0 Å². The molecule has 1 heterocycles. The second-order valence-electron chi connectivity index (χ2n) is 4.70. The number of halogens is 2. The predicted molar refractivity (Wildman–Crippen MR) is 73.7 cm³/mol. The van der Waals surface area contributed by atoms with E-state index in [0.29, 0.717) is 10.0 Å². The zero-order valence-electron chi connectivity index (χ0n) is 10.0. The molecule has 0 unspecified atom stereocenters. The van der Waals surface area contributed by atoms with E-state index in [0.717, 1.165) is 38.0 Å². The van der Waals surface area contributed by atoms with Crippen molar-refractivity contribution in [3.05, 3.63) is 33.8 Å². The van der Waals surface area contributed by atoms with Crippen molar-refractivity contribution in [2.45, 2.75) is 19.4 Å². The number of nitrogens with zero attached hydrogens (tertiary/aromatic N) is 1. The Hall–Kier alpha value is -0.770. The van der Waals surface area contributed by atoms with Gasteiger partial charge in [-0.25, -0.2) is 0 Å². The van der Waals surface area contributed by atoms with E-state index >= 15 is 0 Å². The summed E-state index contributed by atoms with van der Waals surface area (Å²) in [5, 5.41) is 1.16. The van der Waals surface area contributed by atoms with Gasteiger partial charge < -0.3 is 5.73 Å². The van der Waals surface area contributed by atoms with Crippen LogP contribution in [0.5, 0.6) is 0 Å². The number of amides is 1. The largest absolute Gasteiger partial charge is 0.369 e. The molecule has 2 N–H and O–H groups in total. The summed E-state index contributed by atoms with van der Waals surface area (Å²) in [5.41, 5.74) is 6.45. The summed E-state index contributed by atoms with van der Waals surface area (Å²) in [6.45, 7) is 2.63. The van der Waals surface area contributed by atoms with Gasteiger partial charge in [-0.05, 0) is 43.6 Å². The van der Waals surface area contributed by atoms with Crippen LogP contribution in [0.15, 0.2) is 18.2 Å². The molecule has 2 rings (SSSR count). The van der Waals surface area contributed by atoms with Crippen molar-refractivity contribution in [2.75, 3.05) is 13.1 Å². The maximum absolute atomic E-state index is 11.1. The van der Waals surface area contributed by atoms with Gasteiger partial charge in [0, 0.05) is 12.5 Å². The Balaban J connectivity index is 1.91. The van der Waals surface area contributed by atoms with Crippen molar-refractivity contribution in [3.8, 4) is 0 Å². The van der Waals surface area contributed by atoms with Gasteiger partial charge in [0.1, 0.15) is 0 Å². The molecule has 0 spiro atoms. The Morgan fingerprint density at radius 2 is 1.94 bits per heavy atom. The standard InChI is InChI=1S/C13H16Cl2N2O/c14-11-2-1-9(7-12(11)15)8-17-5-3-10(4-6-17)13(16)18/h1-2,7,10H,3-6,8H2,(H2,16,18). The van der Waals surface area contributed by atoms with Crippen LogP contribution in [-0.4, -0.2) is 23.9 Å². The lowest BCUT2D eigenvalue weighted by molar-refractivity contribution is -0.123. The molecule has 0 aliphatic carbocycles. The van der Waals surface area contributed by atoms with E-state index in [2.05, 4.69) is 4.90 Å². The van der Waals surface area contributed by atoms with Crippen molar-refractivity contribution >= 4 is 29.1 Å². The molecule has 1 amide bonds. The first-order valence-corrected chi connectivity index (χ1v) is 6.77. The van der Waals surface area contributed by atoms with Crippen LogP contribution in [0, 0.1) is 5.92 Å². The van der Waals surface area contributed by atoms with E-state index in [-0.39, 0.29) is 11.8 Å². The molecule has 18 heavy (non-hydrogen) atoms. The Morgan fingerprint density at radius 1 is 1.28 bits per heavy atom. The minimum Gasteiger partial charge on any atom is -0.369 e. The van der Waals surface area contributed by atoms with Gasteiger partial charge in [-0.2, -0.15) is 0 Å². The summed E-state index contributed by atoms with van der Waals surface area (Å²) in [6, 6.07) is 5.69. The highest BCUT2D eigenvalue weighted by atomic mass is 35.5. The molecule has 5 heteroatoms. The third-order valence-electron chi connectivity index (χ3n) is 3.38. The van der Waals surface area contributed by atoms with Crippen LogP contribution in [-0.2, 0) is 11.3 Å². The van der Waals surface area contributed by atoms with Gasteiger partial charge in [0.05, 0.1) is 10.0 Å². The van der Waals surface area contributed by atoms with Crippen molar-refractivity contribution in [1.82, 2.24) is 4.90 Å². The molecule has 1 aliphatic heterocycles. The van der Waals surface area contributed by atoms with E-state index in [1.54, 1.807) is 0 Å². The third-order valence-corrected chi connectivity index (χ3v) is 4.12. The van der Waals surface area contributed by atoms with Crippen molar-refractivity contribution in [2.24, 2.45) is 11.7 Å². The van der Waals surface area contributed by atoms with Crippen molar-refractivity contribution < 1.29 is 4.79 Å². The van der Waals surface area contributed by atoms with Gasteiger partial charge in [-0.15, -0.1) is 0 Å². The smallest absolute Gasteiger partial charge is 0.220 e. The fourth-order valence-electron chi connectivity index (χ4n) is 2.27. The summed E-state index contributed by atoms with van der Waals surface area (Å²) in [5.74, 6) is -0.140. The van der Waals surface area contributed by atoms with E-state index in [1.807, 2.05) is 18.2 Å². The second-order valence-corrected chi connectivity index (χ2v) is 5.52. The number of piperidine rings is 1. The van der Waals surface area contributed by atoms with E-state index in [1.165, 1.54) is 0 Å². The molecule has 0 atom stereocenters. The summed E-state index contributed by atoms with van der Waals surface area (Å²) < 4.78 is 0. The van der Waals surface area contributed by atoms with Gasteiger partial charge in [0.25, 0.3) is 0 Å². The number of nitrogens with two attached hydrogens (primary N) is 1. The average molecular weight is 287 g/mol. The van der Waals surface area contributed by atoms with Crippen molar-refractivity contribution in [3.63, 3.8) is 0 Å². The van der Waals surface area contributed by atoms with Crippen LogP contribution >= 0.6 is 23.2 Å². The Bertz CT molecular complexity index is 443. The first-order chi connectivity index (χ1) is 8.56. The number of hydrogen-bond donors (Lipinski definition) is 1. The average Bonchev–Trinajstić information content (AvgIpc) is 2.34. The zero-order valence-corrected chi connectivity index (χ0v) is 11.5. The topological polar surface area (TPSA) is 46.3 Å². The summed E-state index contributed by atoms with van der Waals surface area (Å²) >= 11 is 11.9. The monoisotopic (exact) mass is 286 g/mol. The Labute approximate surface area is 117 Å². The summed E-state index contributed by atoms with van der Waals surface area (Å²) in [7, 11) is 0. The lowest BCUT2D eigenvalue weighted by atomic mass is 9.96. The van der Waals surface area contributed by atoms with Crippen LogP contribution in [0.25, 0.3) is 0 Å². The minimum absolute atomic E-state index is 0.0371. The van der Waals surface area contributed by atoms with Crippen LogP contribution in [0.2, 0.25) is 10.0 Å². The molecule has 98 valence electrons. The molecular weight excluding hydrogens is 271 g/mol. The molecule has 0 aromatic heterocycles. The number of carbonyl (C=O) groups excluding carboxylic acids is 1. The van der Waals surface area contributed by atoms with E-state index < -0.39 is 0 Å². The molecule has 0 saturated carbocycles. The second kappa shape index (κ2) is 5.91. The molecule has 1 saturated heterocycles. The van der Waals surface area contributed by atoms with Crippen LogP contribution < -0.4 is 5.73 Å². The fourth-order valence-corrected chi connectivity index (χ4v) is 2.59. The Kier molecular flexibility index (Phi) is 4.49. The van der Waals surface area contributed by atoms with Gasteiger partial charge >= 0.3 is 0 Å². The van der Waals surface area contributed by atoms with Crippen molar-refractivity contribution in [1.29, 1.82) is 0 Å². The molecule has 0 radical (unpaired) electrons. The third kappa shape index (κ3) is 3.37. The molecule has 0 bridgehead atoms. The molecule has 1 aliphatic rings. The highest BCUT2D eigenvalue weighted by molar-refractivity contribution is 6.42. The lowest BCUT2D eigenvalue weighted by Crippen LogP contribution is -2.38. The maximum Gasteiger partial charge on any atom is 0.220 e. The quantitative estimate of drug-likeness (QED) is 0.929. The molecule has 1 aromatic carbocycles. The fraction of sp³-hybridized carbons (Fsp3) is 0.462. The SMILES string of the molecule is NC(=O)C1CCN(Cc2ccc(Cl)c(Cl)c2)CC1. The van der Waals surface area contributed by atoms with Crippen LogP contribution in [0.3, 0.4) is 0 Å². The first kappa shape index (κ1) is 13.7. The van der Waals surface area contributed by atoms with Gasteiger partial charge in [-0.1, -0.05) is 29.3 Å². The normalized spacial score (nSPS) is 17.9. The number of rotatable bonds is 3. The Morgan fingerprint density at radius 3 is 2.50 bits per heavy atom. The highest BCUT2D eigenvalue weighted by Gasteiger charge is 2.22. The minimum atomic E-state index is -0.177. The van der Waals surface area contributed by atoms with E-state index in [4.69, 9.17) is 28.9 Å². The summed E-state index contributed by atoms with van der Waals surface area (Å²) in [6.07, 6.45) is 1.69. The molecular formula is C13H16Cl2N2O. The van der Waals surface area contributed by atoms with Crippen LogP contribution in [0.1, 0.15) is 18.4 Å². The maximum atomic E-state index is 11.1. The van der Waals surface area contributed by atoms with E-state index in [9.17, 15) is 4.79 Å². The van der Waals surface area contributed by atoms with Gasteiger partial charge in [0.15, 0.2) is 0 Å².